The van der Waals surface area contributed by atoms with Crippen molar-refractivity contribution in [2.45, 2.75) is 45.6 Å². The summed E-state index contributed by atoms with van der Waals surface area (Å²) in [6, 6.07) is 7.36. The molecule has 0 aliphatic heterocycles. The molecular formula is C20H26N4O3. The molecule has 0 unspecified atom stereocenters. The van der Waals surface area contributed by atoms with Crippen LogP contribution in [0.15, 0.2) is 41.7 Å². The van der Waals surface area contributed by atoms with Gasteiger partial charge in [0.15, 0.2) is 5.82 Å². The van der Waals surface area contributed by atoms with Crippen molar-refractivity contribution in [1.29, 1.82) is 0 Å². The second-order valence-electron chi connectivity index (χ2n) is 6.28. The minimum atomic E-state index is -0.331. The Hall–Kier alpha value is -2.96. The van der Waals surface area contributed by atoms with Gasteiger partial charge in [0.05, 0.1) is 6.61 Å². The van der Waals surface area contributed by atoms with E-state index < -0.39 is 0 Å². The molecule has 0 aliphatic carbocycles. The summed E-state index contributed by atoms with van der Waals surface area (Å²) in [7, 11) is 0. The monoisotopic (exact) mass is 370 g/mol. The zero-order valence-corrected chi connectivity index (χ0v) is 15.8. The highest BCUT2D eigenvalue weighted by molar-refractivity contribution is 5.76. The van der Waals surface area contributed by atoms with Gasteiger partial charge >= 0.3 is 0 Å². The second-order valence-corrected chi connectivity index (χ2v) is 6.28. The number of carbonyl (C=O) groups excluding carboxylic acids is 1. The number of aryl methyl sites for hydroxylation is 1. The molecule has 1 amide bonds. The third-order valence-corrected chi connectivity index (χ3v) is 4.09. The molecule has 2 aromatic rings. The predicted octanol–water partition coefficient (Wildman–Crippen LogP) is 2.63. The molecule has 1 atom stereocenters. The predicted molar refractivity (Wildman–Crippen MR) is 105 cm³/mol. The average Bonchev–Trinajstić information content (AvgIpc) is 2.67. The van der Waals surface area contributed by atoms with Gasteiger partial charge in [-0.2, -0.15) is 0 Å². The number of nitrogens with one attached hydrogen (secondary N) is 2. The van der Waals surface area contributed by atoms with Crippen LogP contribution in [0.5, 0.6) is 5.75 Å². The maximum atomic E-state index is 12.2. The van der Waals surface area contributed by atoms with Gasteiger partial charge < -0.3 is 15.0 Å². The fourth-order valence-corrected chi connectivity index (χ4v) is 2.30. The lowest BCUT2D eigenvalue weighted by atomic mass is 10.2. The van der Waals surface area contributed by atoms with E-state index in [0.717, 1.165) is 24.2 Å². The topological polar surface area (TPSA) is 97.0 Å². The summed E-state index contributed by atoms with van der Waals surface area (Å²) in [5.74, 6) is 1.02. The van der Waals surface area contributed by atoms with Crippen molar-refractivity contribution in [1.82, 2.24) is 20.5 Å². The maximum Gasteiger partial charge on any atom is 0.273 e. The fourth-order valence-electron chi connectivity index (χ4n) is 2.30. The highest BCUT2D eigenvalue weighted by Crippen LogP contribution is 2.18. The molecule has 144 valence electrons. The van der Waals surface area contributed by atoms with Gasteiger partial charge in [0, 0.05) is 24.4 Å². The fraction of sp³-hybridized carbons (Fsp3) is 0.400. The van der Waals surface area contributed by atoms with Crippen LogP contribution >= 0.6 is 0 Å². The molecule has 0 saturated carbocycles. The van der Waals surface area contributed by atoms with Crippen molar-refractivity contribution in [2.75, 3.05) is 6.61 Å². The van der Waals surface area contributed by atoms with Crippen LogP contribution in [0.25, 0.3) is 11.4 Å². The third-order valence-electron chi connectivity index (χ3n) is 4.09. The Morgan fingerprint density at radius 1 is 1.33 bits per heavy atom. The van der Waals surface area contributed by atoms with E-state index in [1.165, 1.54) is 0 Å². The Morgan fingerprint density at radius 2 is 2.07 bits per heavy atom. The van der Waals surface area contributed by atoms with E-state index in [4.69, 9.17) is 4.74 Å². The zero-order valence-electron chi connectivity index (χ0n) is 15.8. The molecule has 1 heterocycles. The van der Waals surface area contributed by atoms with Gasteiger partial charge in [0.2, 0.25) is 5.91 Å². The Kier molecular flexibility index (Phi) is 7.73. The number of hydrogen-bond acceptors (Lipinski definition) is 5. The van der Waals surface area contributed by atoms with Gasteiger partial charge in [0.25, 0.3) is 5.56 Å². The molecule has 0 fully saturated rings. The average molecular weight is 370 g/mol. The second kappa shape index (κ2) is 10.3. The summed E-state index contributed by atoms with van der Waals surface area (Å²) >= 11 is 0. The summed E-state index contributed by atoms with van der Waals surface area (Å²) in [4.78, 5) is 26.8. The zero-order chi connectivity index (χ0) is 19.6. The third kappa shape index (κ3) is 6.36. The van der Waals surface area contributed by atoms with Gasteiger partial charge in [-0.3, -0.25) is 9.59 Å². The Balaban J connectivity index is 1.98. The summed E-state index contributed by atoms with van der Waals surface area (Å²) in [5, 5.41) is 10.9. The van der Waals surface area contributed by atoms with Crippen molar-refractivity contribution in [2.24, 2.45) is 0 Å². The highest BCUT2D eigenvalue weighted by Gasteiger charge is 2.11. The highest BCUT2D eigenvalue weighted by atomic mass is 16.5. The van der Waals surface area contributed by atoms with E-state index in [-0.39, 0.29) is 36.0 Å². The minimum Gasteiger partial charge on any atom is -0.493 e. The van der Waals surface area contributed by atoms with Crippen LogP contribution in [-0.2, 0) is 11.2 Å². The largest absolute Gasteiger partial charge is 0.493 e. The molecular weight excluding hydrogens is 344 g/mol. The summed E-state index contributed by atoms with van der Waals surface area (Å²) in [6.07, 6.45) is 3.89. The molecule has 7 heteroatoms. The van der Waals surface area contributed by atoms with Crippen molar-refractivity contribution in [3.8, 4) is 17.1 Å². The molecule has 0 radical (unpaired) electrons. The lowest BCUT2D eigenvalue weighted by molar-refractivity contribution is -0.121. The summed E-state index contributed by atoms with van der Waals surface area (Å²) < 4.78 is 5.55. The SMILES string of the molecule is C=CCCOc1ccc(-c2nnc(CCC(=O)N[C@H](C)CC)c(=O)[nH]2)cc1. The first-order valence-electron chi connectivity index (χ1n) is 9.12. The number of carbonyl (C=O) groups is 1. The molecule has 2 rings (SSSR count). The lowest BCUT2D eigenvalue weighted by Gasteiger charge is -2.10. The smallest absolute Gasteiger partial charge is 0.273 e. The van der Waals surface area contributed by atoms with E-state index in [1.807, 2.05) is 38.1 Å². The first-order chi connectivity index (χ1) is 13.0. The first-order valence-corrected chi connectivity index (χ1v) is 9.12. The Bertz CT molecular complexity index is 815. The van der Waals surface area contributed by atoms with Gasteiger partial charge in [0.1, 0.15) is 11.4 Å². The van der Waals surface area contributed by atoms with Crippen molar-refractivity contribution >= 4 is 5.91 Å². The van der Waals surface area contributed by atoms with E-state index >= 15 is 0 Å². The molecule has 0 saturated heterocycles. The number of aromatic nitrogens is 3. The minimum absolute atomic E-state index is 0.0957. The number of aromatic amines is 1. The number of H-pyrrole nitrogens is 1. The van der Waals surface area contributed by atoms with Crippen LogP contribution in [0.2, 0.25) is 0 Å². The van der Waals surface area contributed by atoms with E-state index in [2.05, 4.69) is 27.1 Å². The van der Waals surface area contributed by atoms with Gasteiger partial charge in [-0.25, -0.2) is 0 Å². The number of nitrogens with zero attached hydrogens (tertiary/aromatic N) is 2. The van der Waals surface area contributed by atoms with Crippen molar-refractivity contribution in [3.63, 3.8) is 0 Å². The van der Waals surface area contributed by atoms with Crippen LogP contribution in [0, 0.1) is 0 Å². The number of rotatable bonds is 10. The number of amides is 1. The van der Waals surface area contributed by atoms with E-state index in [1.54, 1.807) is 6.08 Å². The standard InChI is InChI=1S/C20H26N4O3/c1-4-6-13-27-16-9-7-15(8-10-16)19-22-20(26)17(23-24-19)11-12-18(25)21-14(3)5-2/h4,7-10,14H,1,5-6,11-13H2,2-3H3,(H,21,25)(H,22,24,26)/t14-/m1/s1. The molecule has 1 aromatic carbocycles. The van der Waals surface area contributed by atoms with Crippen LogP contribution in [0.1, 0.15) is 38.8 Å². The van der Waals surface area contributed by atoms with E-state index in [0.29, 0.717) is 12.4 Å². The van der Waals surface area contributed by atoms with Gasteiger partial charge in [-0.1, -0.05) is 13.0 Å². The molecule has 0 bridgehead atoms. The van der Waals surface area contributed by atoms with Crippen LogP contribution in [0.3, 0.4) is 0 Å². The number of hydrogen-bond donors (Lipinski definition) is 2. The number of ether oxygens (including phenoxy) is 1. The van der Waals surface area contributed by atoms with Gasteiger partial charge in [-0.15, -0.1) is 16.8 Å². The maximum absolute atomic E-state index is 12.2. The quantitative estimate of drug-likeness (QED) is 0.495. The molecule has 27 heavy (non-hydrogen) atoms. The Morgan fingerprint density at radius 3 is 2.70 bits per heavy atom. The molecule has 0 spiro atoms. The van der Waals surface area contributed by atoms with Crippen LogP contribution in [0.4, 0.5) is 0 Å². The van der Waals surface area contributed by atoms with Crippen molar-refractivity contribution in [3.05, 3.63) is 53.0 Å². The van der Waals surface area contributed by atoms with Crippen LogP contribution in [-0.4, -0.2) is 33.7 Å². The number of benzene rings is 1. The lowest BCUT2D eigenvalue weighted by Crippen LogP contribution is -2.32. The molecule has 0 aliphatic rings. The summed E-state index contributed by atoms with van der Waals surface area (Å²) in [5.41, 5.74) is 0.654. The van der Waals surface area contributed by atoms with E-state index in [9.17, 15) is 9.59 Å². The molecule has 7 nitrogen and oxygen atoms in total. The normalized spacial score (nSPS) is 11.6. The van der Waals surface area contributed by atoms with Crippen molar-refractivity contribution < 1.29 is 9.53 Å². The van der Waals surface area contributed by atoms with Crippen LogP contribution < -0.4 is 15.6 Å². The molecule has 1 aromatic heterocycles. The molecule has 2 N–H and O–H groups in total. The Labute approximate surface area is 158 Å². The van der Waals surface area contributed by atoms with Gasteiger partial charge in [-0.05, 0) is 44.0 Å². The first kappa shape index (κ1) is 20.4. The summed E-state index contributed by atoms with van der Waals surface area (Å²) in [6.45, 7) is 8.16.